The molecule has 1 aliphatic heterocycles. The van der Waals surface area contributed by atoms with Gasteiger partial charge < -0.3 is 15.4 Å². The molecule has 0 aromatic heterocycles. The normalized spacial score (nSPS) is 15.6. The standard InChI is InChI=1S/C13H16N2O3/c1-8(18-2)13(17)14-10-4-5-11-9(7-10)3-6-12(16)15-11/h4-5,7-8H,3,6H2,1-2H3,(H,14,17)(H,15,16). The fraction of sp³-hybridized carbons (Fsp3) is 0.385. The number of hydrogen-bond donors (Lipinski definition) is 2. The van der Waals surface area contributed by atoms with Gasteiger partial charge in [0.05, 0.1) is 0 Å². The van der Waals surface area contributed by atoms with Crippen molar-refractivity contribution in [2.24, 2.45) is 0 Å². The highest BCUT2D eigenvalue weighted by Crippen LogP contribution is 2.25. The molecular formula is C13H16N2O3. The van der Waals surface area contributed by atoms with Crippen molar-refractivity contribution >= 4 is 23.2 Å². The maximum absolute atomic E-state index is 11.7. The van der Waals surface area contributed by atoms with Crippen LogP contribution in [-0.4, -0.2) is 25.0 Å². The highest BCUT2D eigenvalue weighted by molar-refractivity contribution is 5.96. The zero-order valence-electron chi connectivity index (χ0n) is 10.4. The number of ether oxygens (including phenoxy) is 1. The van der Waals surface area contributed by atoms with Gasteiger partial charge in [-0.1, -0.05) is 0 Å². The Morgan fingerprint density at radius 3 is 2.94 bits per heavy atom. The minimum absolute atomic E-state index is 0.0345. The van der Waals surface area contributed by atoms with Crippen LogP contribution in [0.5, 0.6) is 0 Å². The van der Waals surface area contributed by atoms with Crippen molar-refractivity contribution in [1.82, 2.24) is 0 Å². The molecule has 1 atom stereocenters. The number of benzene rings is 1. The summed E-state index contributed by atoms with van der Waals surface area (Å²) in [6.45, 7) is 1.69. The zero-order chi connectivity index (χ0) is 13.1. The molecule has 2 amide bonds. The van der Waals surface area contributed by atoms with Gasteiger partial charge in [0, 0.05) is 24.9 Å². The van der Waals surface area contributed by atoms with Gasteiger partial charge in [-0.25, -0.2) is 0 Å². The summed E-state index contributed by atoms with van der Waals surface area (Å²) in [5.41, 5.74) is 2.58. The smallest absolute Gasteiger partial charge is 0.253 e. The molecule has 5 nitrogen and oxygen atoms in total. The Hall–Kier alpha value is -1.88. The molecule has 2 rings (SSSR count). The Morgan fingerprint density at radius 1 is 1.44 bits per heavy atom. The molecule has 1 aromatic rings. The molecule has 0 fully saturated rings. The topological polar surface area (TPSA) is 67.4 Å². The lowest BCUT2D eigenvalue weighted by Gasteiger charge is -2.18. The first kappa shape index (κ1) is 12.6. The molecule has 2 N–H and O–H groups in total. The first-order valence-corrected chi connectivity index (χ1v) is 5.86. The summed E-state index contributed by atoms with van der Waals surface area (Å²) < 4.78 is 4.94. The van der Waals surface area contributed by atoms with Gasteiger partial charge in [0.25, 0.3) is 5.91 Å². The molecule has 0 saturated carbocycles. The second-order valence-corrected chi connectivity index (χ2v) is 4.29. The van der Waals surface area contributed by atoms with Crippen LogP contribution < -0.4 is 10.6 Å². The van der Waals surface area contributed by atoms with Crippen molar-refractivity contribution in [2.75, 3.05) is 17.7 Å². The lowest BCUT2D eigenvalue weighted by Crippen LogP contribution is -2.26. The number of carbonyl (C=O) groups is 2. The van der Waals surface area contributed by atoms with Gasteiger partial charge in [-0.3, -0.25) is 9.59 Å². The second-order valence-electron chi connectivity index (χ2n) is 4.29. The van der Waals surface area contributed by atoms with Crippen molar-refractivity contribution in [2.45, 2.75) is 25.9 Å². The molecule has 5 heteroatoms. The fourth-order valence-electron chi connectivity index (χ4n) is 1.81. The molecule has 0 spiro atoms. The van der Waals surface area contributed by atoms with Gasteiger partial charge in [0.2, 0.25) is 5.91 Å². The SMILES string of the molecule is COC(C)C(=O)Nc1ccc2c(c1)CCC(=O)N2. The molecular weight excluding hydrogens is 232 g/mol. The highest BCUT2D eigenvalue weighted by Gasteiger charge is 2.16. The number of nitrogens with one attached hydrogen (secondary N) is 2. The quantitative estimate of drug-likeness (QED) is 0.852. The molecule has 0 saturated heterocycles. The van der Waals surface area contributed by atoms with Gasteiger partial charge in [0.1, 0.15) is 6.10 Å². The van der Waals surface area contributed by atoms with Crippen molar-refractivity contribution in [3.05, 3.63) is 23.8 Å². The van der Waals surface area contributed by atoms with E-state index in [2.05, 4.69) is 10.6 Å². The third-order valence-electron chi connectivity index (χ3n) is 2.99. The van der Waals surface area contributed by atoms with Gasteiger partial charge in [0.15, 0.2) is 0 Å². The predicted octanol–water partition coefficient (Wildman–Crippen LogP) is 1.54. The van der Waals surface area contributed by atoms with E-state index in [0.29, 0.717) is 12.8 Å². The summed E-state index contributed by atoms with van der Waals surface area (Å²) in [7, 11) is 1.49. The predicted molar refractivity (Wildman–Crippen MR) is 68.5 cm³/mol. The summed E-state index contributed by atoms with van der Waals surface area (Å²) in [4.78, 5) is 22.9. The molecule has 1 heterocycles. The van der Waals surface area contributed by atoms with E-state index in [1.165, 1.54) is 7.11 Å². The Bertz CT molecular complexity index is 485. The van der Waals surface area contributed by atoms with E-state index >= 15 is 0 Å². The summed E-state index contributed by atoms with van der Waals surface area (Å²) in [6, 6.07) is 5.46. The van der Waals surface area contributed by atoms with E-state index in [4.69, 9.17) is 4.74 Å². The van der Waals surface area contributed by atoms with Crippen LogP contribution in [0.3, 0.4) is 0 Å². The van der Waals surface area contributed by atoms with Crippen LogP contribution in [0, 0.1) is 0 Å². The van der Waals surface area contributed by atoms with Crippen LogP contribution in [0.15, 0.2) is 18.2 Å². The molecule has 0 aliphatic carbocycles. The number of rotatable bonds is 3. The number of aryl methyl sites for hydroxylation is 1. The van der Waals surface area contributed by atoms with E-state index in [1.54, 1.807) is 19.1 Å². The molecule has 1 unspecified atom stereocenters. The minimum Gasteiger partial charge on any atom is -0.372 e. The van der Waals surface area contributed by atoms with E-state index in [-0.39, 0.29) is 11.8 Å². The first-order valence-electron chi connectivity index (χ1n) is 5.86. The van der Waals surface area contributed by atoms with Gasteiger partial charge in [-0.15, -0.1) is 0 Å². The Morgan fingerprint density at radius 2 is 2.22 bits per heavy atom. The Labute approximate surface area is 106 Å². The fourth-order valence-corrected chi connectivity index (χ4v) is 1.81. The zero-order valence-corrected chi connectivity index (χ0v) is 10.4. The minimum atomic E-state index is -0.485. The number of carbonyl (C=O) groups excluding carboxylic acids is 2. The monoisotopic (exact) mass is 248 g/mol. The maximum atomic E-state index is 11.7. The number of amides is 2. The van der Waals surface area contributed by atoms with Crippen LogP contribution in [-0.2, 0) is 20.7 Å². The van der Waals surface area contributed by atoms with Crippen LogP contribution in [0.1, 0.15) is 18.9 Å². The third-order valence-corrected chi connectivity index (χ3v) is 2.99. The number of anilines is 2. The summed E-state index contributed by atoms with van der Waals surface area (Å²) >= 11 is 0. The lowest BCUT2D eigenvalue weighted by atomic mass is 10.0. The lowest BCUT2D eigenvalue weighted by molar-refractivity contribution is -0.124. The average Bonchev–Trinajstić information content (AvgIpc) is 2.38. The van der Waals surface area contributed by atoms with Crippen LogP contribution in [0.4, 0.5) is 11.4 Å². The second kappa shape index (κ2) is 5.18. The van der Waals surface area contributed by atoms with E-state index in [9.17, 15) is 9.59 Å². The Kier molecular flexibility index (Phi) is 3.62. The molecule has 0 radical (unpaired) electrons. The van der Waals surface area contributed by atoms with Crippen molar-refractivity contribution in [3.8, 4) is 0 Å². The van der Waals surface area contributed by atoms with Crippen molar-refractivity contribution < 1.29 is 14.3 Å². The largest absolute Gasteiger partial charge is 0.372 e. The molecule has 1 aliphatic rings. The van der Waals surface area contributed by atoms with E-state index in [0.717, 1.165) is 16.9 Å². The van der Waals surface area contributed by atoms with E-state index < -0.39 is 6.10 Å². The average molecular weight is 248 g/mol. The number of methoxy groups -OCH3 is 1. The van der Waals surface area contributed by atoms with Gasteiger partial charge >= 0.3 is 0 Å². The maximum Gasteiger partial charge on any atom is 0.253 e. The highest BCUT2D eigenvalue weighted by atomic mass is 16.5. The van der Waals surface area contributed by atoms with E-state index in [1.807, 2.05) is 6.07 Å². The van der Waals surface area contributed by atoms with Gasteiger partial charge in [-0.05, 0) is 37.1 Å². The number of fused-ring (bicyclic) bond motifs is 1. The summed E-state index contributed by atoms with van der Waals surface area (Å²) in [6.07, 6.45) is 0.699. The summed E-state index contributed by atoms with van der Waals surface area (Å²) in [5.74, 6) is -0.149. The molecule has 0 bridgehead atoms. The first-order chi connectivity index (χ1) is 8.60. The van der Waals surface area contributed by atoms with Crippen LogP contribution >= 0.6 is 0 Å². The molecule has 96 valence electrons. The van der Waals surface area contributed by atoms with Gasteiger partial charge in [-0.2, -0.15) is 0 Å². The van der Waals surface area contributed by atoms with Crippen LogP contribution in [0.2, 0.25) is 0 Å². The molecule has 1 aromatic carbocycles. The molecule has 18 heavy (non-hydrogen) atoms. The number of hydrogen-bond acceptors (Lipinski definition) is 3. The Balaban J connectivity index is 2.12. The van der Waals surface area contributed by atoms with Crippen molar-refractivity contribution in [1.29, 1.82) is 0 Å². The summed E-state index contributed by atoms with van der Waals surface area (Å²) in [5, 5.41) is 5.58. The van der Waals surface area contributed by atoms with Crippen LogP contribution in [0.25, 0.3) is 0 Å². The third kappa shape index (κ3) is 2.68. The van der Waals surface area contributed by atoms with Crippen molar-refractivity contribution in [3.63, 3.8) is 0 Å².